The summed E-state index contributed by atoms with van der Waals surface area (Å²) in [7, 11) is 0. The molecular weight excluding hydrogens is 364 g/mol. The normalized spacial score (nSPS) is 19.0. The number of rotatable bonds is 8. The molecule has 0 aliphatic carbocycles. The van der Waals surface area contributed by atoms with Gasteiger partial charge in [-0.25, -0.2) is 22.0 Å². The Bertz CT molecular complexity index is 364. The van der Waals surface area contributed by atoms with Crippen LogP contribution in [0.3, 0.4) is 0 Å². The van der Waals surface area contributed by atoms with E-state index >= 15 is 0 Å². The molecule has 0 amide bonds. The van der Waals surface area contributed by atoms with Crippen molar-refractivity contribution in [3.63, 3.8) is 0 Å². The van der Waals surface area contributed by atoms with Crippen LogP contribution in [0.4, 0.5) is 52.7 Å². The van der Waals surface area contributed by atoms with Crippen LogP contribution >= 0.6 is 0 Å². The Labute approximate surface area is 121 Å². The fourth-order valence-electron chi connectivity index (χ4n) is 2.15. The predicted molar refractivity (Wildman–Crippen MR) is 51.6 cm³/mol. The lowest BCUT2D eigenvalue weighted by atomic mass is 9.68. The molecule has 0 N–H and O–H groups in total. The second-order valence-electron chi connectivity index (χ2n) is 4.48. The van der Waals surface area contributed by atoms with Crippen LogP contribution in [0.1, 0.15) is 12.8 Å². The molecule has 23 heavy (non-hydrogen) atoms. The van der Waals surface area contributed by atoms with E-state index in [1.54, 1.807) is 0 Å². The van der Waals surface area contributed by atoms with E-state index in [9.17, 15) is 52.7 Å². The average Bonchev–Trinajstić information content (AvgIpc) is 2.23. The van der Waals surface area contributed by atoms with Crippen molar-refractivity contribution in [2.24, 2.45) is 5.41 Å². The lowest BCUT2D eigenvalue weighted by Crippen LogP contribution is -2.65. The Morgan fingerprint density at radius 2 is 1.30 bits per heavy atom. The molecule has 0 saturated carbocycles. The van der Waals surface area contributed by atoms with E-state index in [0.29, 0.717) is 0 Å². The van der Waals surface area contributed by atoms with Crippen LogP contribution in [-0.2, 0) is 4.74 Å². The SMILES string of the molecule is FCCC(CC(F)F)(OC(F)(F)F)C(CF)(C(F)F)C(F)(F)F. The Morgan fingerprint density at radius 1 is 0.826 bits per heavy atom. The highest BCUT2D eigenvalue weighted by Crippen LogP contribution is 2.57. The van der Waals surface area contributed by atoms with E-state index in [1.807, 2.05) is 0 Å². The second-order valence-corrected chi connectivity index (χ2v) is 4.48. The van der Waals surface area contributed by atoms with Crippen molar-refractivity contribution in [1.29, 1.82) is 0 Å². The minimum absolute atomic E-state index is 2.16. The van der Waals surface area contributed by atoms with Crippen LogP contribution in [-0.4, -0.2) is 44.3 Å². The third-order valence-corrected chi connectivity index (χ3v) is 3.20. The molecule has 0 aromatic carbocycles. The van der Waals surface area contributed by atoms with Gasteiger partial charge in [-0.15, -0.1) is 13.2 Å². The Balaban J connectivity index is 6.51. The summed E-state index contributed by atoms with van der Waals surface area (Å²) in [6.45, 7) is -5.37. The molecule has 140 valence electrons. The highest BCUT2D eigenvalue weighted by molar-refractivity contribution is 5.07. The second kappa shape index (κ2) is 7.34. The molecule has 1 nitrogen and oxygen atoms in total. The maximum atomic E-state index is 12.9. The molecule has 2 unspecified atom stereocenters. The van der Waals surface area contributed by atoms with Crippen molar-refractivity contribution in [2.45, 2.75) is 43.8 Å². The maximum absolute atomic E-state index is 12.9. The summed E-state index contributed by atoms with van der Waals surface area (Å²) in [6.07, 6.45) is -26.2. The zero-order chi connectivity index (χ0) is 18.7. The number of alkyl halides is 12. The molecule has 0 heterocycles. The van der Waals surface area contributed by atoms with E-state index in [2.05, 4.69) is 4.74 Å². The topological polar surface area (TPSA) is 9.23 Å². The maximum Gasteiger partial charge on any atom is 0.523 e. The van der Waals surface area contributed by atoms with Gasteiger partial charge in [0, 0.05) is 12.8 Å². The summed E-state index contributed by atoms with van der Waals surface area (Å²) in [6, 6.07) is 0. The first-order valence-corrected chi connectivity index (χ1v) is 5.71. The molecule has 0 aromatic rings. The van der Waals surface area contributed by atoms with Crippen LogP contribution in [0.15, 0.2) is 0 Å². The summed E-state index contributed by atoms with van der Waals surface area (Å²) in [5, 5.41) is 0. The van der Waals surface area contributed by atoms with Gasteiger partial charge in [-0.2, -0.15) is 13.2 Å². The Morgan fingerprint density at radius 3 is 1.52 bits per heavy atom. The molecule has 0 spiro atoms. The number of halogens is 12. The van der Waals surface area contributed by atoms with Gasteiger partial charge < -0.3 is 0 Å². The zero-order valence-corrected chi connectivity index (χ0v) is 10.9. The van der Waals surface area contributed by atoms with Crippen molar-refractivity contribution in [2.75, 3.05) is 13.3 Å². The summed E-state index contributed by atoms with van der Waals surface area (Å²) in [5.41, 5.74) is -9.85. The van der Waals surface area contributed by atoms with Crippen molar-refractivity contribution in [3.05, 3.63) is 0 Å². The number of ether oxygens (including phenoxy) is 1. The monoisotopic (exact) mass is 374 g/mol. The smallest absolute Gasteiger partial charge is 0.284 e. The van der Waals surface area contributed by atoms with Crippen LogP contribution in [0.2, 0.25) is 0 Å². The first kappa shape index (κ1) is 22.1. The highest BCUT2D eigenvalue weighted by Gasteiger charge is 2.75. The van der Waals surface area contributed by atoms with Gasteiger partial charge in [-0.3, -0.25) is 9.13 Å². The molecule has 0 radical (unpaired) electrons. The largest absolute Gasteiger partial charge is 0.523 e. The molecule has 0 aliphatic rings. The van der Waals surface area contributed by atoms with Gasteiger partial charge >= 0.3 is 12.5 Å². The Hall–Kier alpha value is -0.880. The van der Waals surface area contributed by atoms with Gasteiger partial charge in [0.1, 0.15) is 12.3 Å². The predicted octanol–water partition coefficient (Wildman–Crippen LogP) is 5.06. The molecule has 0 fully saturated rings. The summed E-state index contributed by atoms with van der Waals surface area (Å²) < 4.78 is 155. The van der Waals surface area contributed by atoms with E-state index in [4.69, 9.17) is 0 Å². The first-order valence-electron chi connectivity index (χ1n) is 5.71. The third kappa shape index (κ3) is 4.57. The third-order valence-electron chi connectivity index (χ3n) is 3.20. The number of hydrogen-bond acceptors (Lipinski definition) is 1. The van der Waals surface area contributed by atoms with Crippen LogP contribution in [0, 0.1) is 5.41 Å². The fourth-order valence-corrected chi connectivity index (χ4v) is 2.15. The van der Waals surface area contributed by atoms with Gasteiger partial charge in [0.25, 0.3) is 6.43 Å². The average molecular weight is 374 g/mol. The molecule has 0 rings (SSSR count). The minimum atomic E-state index is -6.43. The quantitative estimate of drug-likeness (QED) is 0.540. The summed E-state index contributed by atoms with van der Waals surface area (Å²) in [4.78, 5) is 0. The van der Waals surface area contributed by atoms with Crippen LogP contribution < -0.4 is 0 Å². The van der Waals surface area contributed by atoms with Crippen molar-refractivity contribution in [1.82, 2.24) is 0 Å². The van der Waals surface area contributed by atoms with E-state index in [0.717, 1.165) is 0 Å². The summed E-state index contributed by atoms with van der Waals surface area (Å²) >= 11 is 0. The number of hydrogen-bond donors (Lipinski definition) is 0. The van der Waals surface area contributed by atoms with Crippen molar-refractivity contribution < 1.29 is 57.4 Å². The molecule has 13 heteroatoms. The lowest BCUT2D eigenvalue weighted by molar-refractivity contribution is -0.428. The highest BCUT2D eigenvalue weighted by atomic mass is 19.4. The molecule has 0 aromatic heterocycles. The fraction of sp³-hybridized carbons (Fsp3) is 1.00. The van der Waals surface area contributed by atoms with Gasteiger partial charge in [-0.05, 0) is 0 Å². The molecule has 0 aliphatic heterocycles. The minimum Gasteiger partial charge on any atom is -0.284 e. The van der Waals surface area contributed by atoms with E-state index < -0.39 is 62.6 Å². The van der Waals surface area contributed by atoms with Crippen LogP contribution in [0.25, 0.3) is 0 Å². The van der Waals surface area contributed by atoms with Gasteiger partial charge in [-0.1, -0.05) is 0 Å². The standard InChI is InChI=1S/C10H10F12O/c11-2-1-7(3-5(13)14,23-10(20,21)22)8(4-12,6(15)16)9(17,18)19/h5-6H,1-4H2. The Kier molecular flexibility index (Phi) is 7.06. The molecular formula is C10H10F12O. The van der Waals surface area contributed by atoms with E-state index in [1.165, 1.54) is 0 Å². The van der Waals surface area contributed by atoms with Crippen molar-refractivity contribution >= 4 is 0 Å². The van der Waals surface area contributed by atoms with Crippen molar-refractivity contribution in [3.8, 4) is 0 Å². The van der Waals surface area contributed by atoms with E-state index in [-0.39, 0.29) is 0 Å². The van der Waals surface area contributed by atoms with Gasteiger partial charge in [0.05, 0.1) is 6.67 Å². The first-order chi connectivity index (χ1) is 10.2. The zero-order valence-electron chi connectivity index (χ0n) is 10.9. The molecule has 0 bridgehead atoms. The van der Waals surface area contributed by atoms with Gasteiger partial charge in [0.15, 0.2) is 5.41 Å². The lowest BCUT2D eigenvalue weighted by Gasteiger charge is -2.48. The molecule has 0 saturated heterocycles. The van der Waals surface area contributed by atoms with Gasteiger partial charge in [0.2, 0.25) is 6.43 Å². The molecule has 2 atom stereocenters. The van der Waals surface area contributed by atoms with Crippen LogP contribution in [0.5, 0.6) is 0 Å². The summed E-state index contributed by atoms with van der Waals surface area (Å²) in [5.74, 6) is 0.